The average molecular weight is 437 g/mol. The van der Waals surface area contributed by atoms with Gasteiger partial charge in [-0.2, -0.15) is 0 Å². The van der Waals surface area contributed by atoms with Gasteiger partial charge in [0.15, 0.2) is 0 Å². The van der Waals surface area contributed by atoms with Crippen molar-refractivity contribution in [2.24, 2.45) is 0 Å². The number of fused-ring (bicyclic) bond motifs is 1. The molecule has 31 heavy (non-hydrogen) atoms. The normalized spacial score (nSPS) is 19.3. The largest absolute Gasteiger partial charge is 0.478 e. The third-order valence-corrected chi connectivity index (χ3v) is 5.72. The fraction of sp³-hybridized carbons (Fsp3) is 0.167. The molecule has 7 heteroatoms. The number of nitrogens with one attached hydrogen (secondary N) is 1. The monoisotopic (exact) mass is 436 g/mol. The van der Waals surface area contributed by atoms with E-state index in [9.17, 15) is 14.7 Å². The number of para-hydroxylation sites is 1. The van der Waals surface area contributed by atoms with Crippen molar-refractivity contribution >= 4 is 29.2 Å². The Morgan fingerprint density at radius 3 is 2.39 bits per heavy atom. The lowest BCUT2D eigenvalue weighted by atomic mass is 9.77. The predicted molar refractivity (Wildman–Crippen MR) is 119 cm³/mol. The fourth-order valence-electron chi connectivity index (χ4n) is 3.98. The van der Waals surface area contributed by atoms with E-state index in [1.807, 2.05) is 36.4 Å². The van der Waals surface area contributed by atoms with Crippen LogP contribution in [0.2, 0.25) is 5.02 Å². The number of rotatable bonds is 5. The second kappa shape index (κ2) is 8.41. The molecule has 6 nitrogen and oxygen atoms in total. The van der Waals surface area contributed by atoms with Gasteiger partial charge in [0.1, 0.15) is 11.3 Å². The lowest BCUT2D eigenvalue weighted by Crippen LogP contribution is -2.58. The number of benzene rings is 3. The van der Waals surface area contributed by atoms with Crippen LogP contribution in [0.15, 0.2) is 78.9 Å². The number of hydrogen-bond donors (Lipinski definition) is 2. The van der Waals surface area contributed by atoms with Crippen molar-refractivity contribution in [2.75, 3.05) is 18.5 Å². The molecular weight excluding hydrogens is 416 g/mol. The molecule has 1 aliphatic heterocycles. The summed E-state index contributed by atoms with van der Waals surface area (Å²) in [6, 6.07) is 23.0. The van der Waals surface area contributed by atoms with Gasteiger partial charge in [-0.25, -0.2) is 4.79 Å². The van der Waals surface area contributed by atoms with Crippen LogP contribution in [0.4, 0.5) is 5.69 Å². The Hall–Kier alpha value is -3.35. The number of anilines is 1. The maximum atomic E-state index is 12.8. The Kier molecular flexibility index (Phi) is 5.67. The number of hydrogen-bond acceptors (Lipinski definition) is 4. The van der Waals surface area contributed by atoms with Gasteiger partial charge < -0.3 is 14.7 Å². The van der Waals surface area contributed by atoms with Crippen LogP contribution >= 0.6 is 11.6 Å². The van der Waals surface area contributed by atoms with E-state index in [1.54, 1.807) is 49.5 Å². The number of halogens is 1. The van der Waals surface area contributed by atoms with E-state index in [-0.39, 0.29) is 12.5 Å². The van der Waals surface area contributed by atoms with Gasteiger partial charge in [-0.1, -0.05) is 60.1 Å². The number of carbonyl (C=O) groups excluding carboxylic acids is 1. The van der Waals surface area contributed by atoms with Crippen molar-refractivity contribution < 1.29 is 19.4 Å². The number of ether oxygens (including phenoxy) is 1. The van der Waals surface area contributed by atoms with Crippen molar-refractivity contribution in [3.8, 4) is 5.75 Å². The average Bonchev–Trinajstić information content (AvgIpc) is 2.89. The zero-order chi connectivity index (χ0) is 22.0. The molecule has 1 amide bonds. The molecule has 1 aliphatic rings. The number of carboxylic acids is 1. The number of carbonyl (C=O) groups is 2. The van der Waals surface area contributed by atoms with E-state index in [1.165, 1.54) is 4.90 Å². The quantitative estimate of drug-likeness (QED) is 0.637. The summed E-state index contributed by atoms with van der Waals surface area (Å²) in [6.07, 6.45) is -1.39. The van der Waals surface area contributed by atoms with Gasteiger partial charge in [0, 0.05) is 23.3 Å². The van der Waals surface area contributed by atoms with Crippen LogP contribution in [-0.4, -0.2) is 36.7 Å². The van der Waals surface area contributed by atoms with E-state index < -0.39 is 17.6 Å². The Morgan fingerprint density at radius 1 is 1.10 bits per heavy atom. The molecule has 0 aliphatic carbocycles. The number of nitrogens with zero attached hydrogens (tertiary/aromatic N) is 1. The first-order valence-electron chi connectivity index (χ1n) is 9.75. The van der Waals surface area contributed by atoms with E-state index >= 15 is 0 Å². The number of amides is 1. The highest BCUT2D eigenvalue weighted by Gasteiger charge is 2.51. The lowest BCUT2D eigenvalue weighted by Gasteiger charge is -2.40. The number of carboxylic acid groups (broad SMARTS) is 1. The SMILES string of the molecule is CN1C(=O)CN[C@](c2ccccc2)([C@H](Oc2ccccc2)C(=O)O)c2cc(Cl)ccc21. The van der Waals surface area contributed by atoms with E-state index in [0.717, 1.165) is 0 Å². The predicted octanol–water partition coefficient (Wildman–Crippen LogP) is 3.68. The molecule has 0 fully saturated rings. The summed E-state index contributed by atoms with van der Waals surface area (Å²) in [5, 5.41) is 14.0. The minimum atomic E-state index is -1.39. The summed E-state index contributed by atoms with van der Waals surface area (Å²) in [7, 11) is 1.66. The van der Waals surface area contributed by atoms with Crippen molar-refractivity contribution in [3.05, 3.63) is 95.0 Å². The smallest absolute Gasteiger partial charge is 0.347 e. The highest BCUT2D eigenvalue weighted by molar-refractivity contribution is 6.30. The molecule has 4 rings (SSSR count). The molecule has 0 spiro atoms. The molecular formula is C24H21ClN2O4. The molecule has 0 radical (unpaired) electrons. The fourth-order valence-corrected chi connectivity index (χ4v) is 4.15. The zero-order valence-corrected chi connectivity index (χ0v) is 17.5. The molecule has 0 saturated heterocycles. The molecule has 0 bridgehead atoms. The van der Waals surface area contributed by atoms with Crippen molar-refractivity contribution in [3.63, 3.8) is 0 Å². The van der Waals surface area contributed by atoms with Gasteiger partial charge in [-0.15, -0.1) is 0 Å². The summed E-state index contributed by atoms with van der Waals surface area (Å²) < 4.78 is 6.06. The Morgan fingerprint density at radius 2 is 1.74 bits per heavy atom. The standard InChI is InChI=1S/C24H21ClN2O4/c1-27-20-13-12-17(25)14-19(20)24(26-15-21(27)28,16-8-4-2-5-9-16)22(23(29)30)31-18-10-6-3-7-11-18/h2-14,22,26H,15H2,1H3,(H,29,30)/t22-,24+/m1/s1. The number of aliphatic carboxylic acids is 1. The summed E-state index contributed by atoms with van der Waals surface area (Å²) in [5.41, 5.74) is 0.364. The molecule has 2 atom stereocenters. The van der Waals surface area contributed by atoms with Crippen molar-refractivity contribution in [2.45, 2.75) is 11.6 Å². The van der Waals surface area contributed by atoms with Crippen LogP contribution in [0.5, 0.6) is 5.75 Å². The van der Waals surface area contributed by atoms with Gasteiger partial charge in [0.2, 0.25) is 12.0 Å². The number of likely N-dealkylation sites (N-methyl/N-ethyl adjacent to an activating group) is 1. The molecule has 2 N–H and O–H groups in total. The minimum Gasteiger partial charge on any atom is -0.478 e. The van der Waals surface area contributed by atoms with Crippen molar-refractivity contribution in [1.29, 1.82) is 0 Å². The van der Waals surface area contributed by atoms with Gasteiger partial charge in [-0.3, -0.25) is 10.1 Å². The summed E-state index contributed by atoms with van der Waals surface area (Å²) in [4.78, 5) is 26.9. The minimum absolute atomic E-state index is 0.0837. The lowest BCUT2D eigenvalue weighted by molar-refractivity contribution is -0.149. The molecule has 0 unspecified atom stereocenters. The van der Waals surface area contributed by atoms with E-state index in [2.05, 4.69) is 5.32 Å². The molecule has 1 heterocycles. The highest BCUT2D eigenvalue weighted by atomic mass is 35.5. The second-order valence-electron chi connectivity index (χ2n) is 7.29. The van der Waals surface area contributed by atoms with Crippen LogP contribution in [0.3, 0.4) is 0 Å². The Balaban J connectivity index is 2.02. The molecule has 158 valence electrons. The maximum Gasteiger partial charge on any atom is 0.347 e. The van der Waals surface area contributed by atoms with E-state index in [4.69, 9.17) is 16.3 Å². The van der Waals surface area contributed by atoms with Crippen molar-refractivity contribution in [1.82, 2.24) is 5.32 Å². The van der Waals surface area contributed by atoms with Gasteiger partial charge in [0.05, 0.1) is 6.54 Å². The van der Waals surface area contributed by atoms with Crippen LogP contribution in [0.1, 0.15) is 11.1 Å². The molecule has 0 aromatic heterocycles. The topological polar surface area (TPSA) is 78.9 Å². The summed E-state index contributed by atoms with van der Waals surface area (Å²) in [5.74, 6) is -0.979. The van der Waals surface area contributed by atoms with Crippen LogP contribution < -0.4 is 15.0 Å². The third-order valence-electron chi connectivity index (χ3n) is 5.48. The first-order chi connectivity index (χ1) is 14.9. The van der Waals surface area contributed by atoms with Crippen LogP contribution in [0.25, 0.3) is 0 Å². The van der Waals surface area contributed by atoms with Gasteiger partial charge in [0.25, 0.3) is 0 Å². The Labute approximate surface area is 185 Å². The molecule has 3 aromatic rings. The summed E-state index contributed by atoms with van der Waals surface area (Å²) in [6.45, 7) is -0.0837. The maximum absolute atomic E-state index is 12.8. The van der Waals surface area contributed by atoms with E-state index in [0.29, 0.717) is 27.6 Å². The van der Waals surface area contributed by atoms with Crippen LogP contribution in [0, 0.1) is 0 Å². The highest BCUT2D eigenvalue weighted by Crippen LogP contribution is 2.43. The first-order valence-corrected chi connectivity index (χ1v) is 10.1. The third kappa shape index (κ3) is 3.76. The Bertz CT molecular complexity index is 1110. The van der Waals surface area contributed by atoms with Gasteiger partial charge in [-0.05, 0) is 35.9 Å². The molecule has 0 saturated carbocycles. The zero-order valence-electron chi connectivity index (χ0n) is 16.8. The van der Waals surface area contributed by atoms with Gasteiger partial charge >= 0.3 is 5.97 Å². The molecule has 3 aromatic carbocycles. The van der Waals surface area contributed by atoms with Crippen LogP contribution in [-0.2, 0) is 15.1 Å². The first kappa shape index (κ1) is 20.9. The summed E-state index contributed by atoms with van der Waals surface area (Å²) >= 11 is 6.35. The second-order valence-corrected chi connectivity index (χ2v) is 7.73.